The monoisotopic (exact) mass is 315 g/mol. The molecule has 1 atom stereocenters. The Morgan fingerprint density at radius 3 is 2.36 bits per heavy atom. The van der Waals surface area contributed by atoms with Crippen LogP contribution in [-0.2, 0) is 18.3 Å². The van der Waals surface area contributed by atoms with Crippen LogP contribution in [0.1, 0.15) is 0 Å². The minimum Gasteiger partial charge on any atom is -0.289 e. The Kier molecular flexibility index (Phi) is 3.74. The van der Waals surface area contributed by atoms with Crippen LogP contribution < -0.4 is 10.3 Å². The van der Waals surface area contributed by atoms with Gasteiger partial charge in [0.1, 0.15) is 0 Å². The van der Waals surface area contributed by atoms with E-state index in [9.17, 15) is 9.00 Å². The Balaban J connectivity index is 2.16. The summed E-state index contributed by atoms with van der Waals surface area (Å²) in [5.74, 6) is 0. The third kappa shape index (κ3) is 2.63. The zero-order chi connectivity index (χ0) is 15.7. The third-order valence-electron chi connectivity index (χ3n) is 3.32. The summed E-state index contributed by atoms with van der Waals surface area (Å²) in [5, 5.41) is 5.72. The number of hydrogen-bond donors (Lipinski definition) is 2. The largest absolute Gasteiger partial charge is 0.289 e. The van der Waals surface area contributed by atoms with E-state index in [1.165, 1.54) is 4.68 Å². The average Bonchev–Trinajstić information content (AvgIpc) is 2.51. The van der Waals surface area contributed by atoms with E-state index < -0.39 is 11.3 Å². The minimum absolute atomic E-state index is 0.145. The average molecular weight is 315 g/mol. The van der Waals surface area contributed by atoms with Crippen LogP contribution in [0.2, 0.25) is 0 Å². The van der Waals surface area contributed by atoms with Crippen LogP contribution in [0.3, 0.4) is 0 Å². The first kappa shape index (κ1) is 14.4. The fourth-order valence-electron chi connectivity index (χ4n) is 2.31. The van der Waals surface area contributed by atoms with Gasteiger partial charge in [0.05, 0.1) is 11.1 Å². The van der Waals surface area contributed by atoms with Crippen molar-refractivity contribution in [1.82, 2.24) is 9.78 Å². The highest BCUT2D eigenvalue weighted by atomic mass is 32.2. The molecule has 6 nitrogen and oxygen atoms in total. The van der Waals surface area contributed by atoms with E-state index in [0.717, 1.165) is 10.9 Å². The highest BCUT2D eigenvalue weighted by molar-refractivity contribution is 7.80. The van der Waals surface area contributed by atoms with E-state index in [1.807, 2.05) is 18.2 Å². The second-order valence-corrected chi connectivity index (χ2v) is 5.45. The summed E-state index contributed by atoms with van der Waals surface area (Å²) in [4.78, 5) is 12.1. The molecule has 7 heteroatoms. The Labute approximate surface area is 128 Å². The summed E-state index contributed by atoms with van der Waals surface area (Å²) in [6, 6.07) is 14.2. The molecular formula is C15H13N3O3S. The van der Waals surface area contributed by atoms with E-state index >= 15 is 0 Å². The minimum atomic E-state index is -2.11. The predicted octanol–water partition coefficient (Wildman–Crippen LogP) is 2.15. The van der Waals surface area contributed by atoms with Crippen molar-refractivity contribution in [3.05, 3.63) is 58.9 Å². The molecule has 1 heterocycles. The maximum atomic E-state index is 12.1. The number of nitrogens with zero attached hydrogens (tertiary/aromatic N) is 2. The fraction of sp³-hybridized carbons (Fsp3) is 0.0667. The van der Waals surface area contributed by atoms with E-state index in [2.05, 4.69) is 9.82 Å². The number of fused-ring (bicyclic) bond motifs is 1. The summed E-state index contributed by atoms with van der Waals surface area (Å²) < 4.78 is 23.2. The van der Waals surface area contributed by atoms with E-state index in [1.54, 1.807) is 37.4 Å². The van der Waals surface area contributed by atoms with Crippen molar-refractivity contribution in [2.24, 2.45) is 7.05 Å². The molecule has 3 rings (SSSR count). The second kappa shape index (κ2) is 5.70. The smallest absolute Gasteiger partial charge is 0.274 e. The van der Waals surface area contributed by atoms with Crippen LogP contribution in [0, 0.1) is 0 Å². The van der Waals surface area contributed by atoms with Crippen molar-refractivity contribution in [2.45, 2.75) is 0 Å². The van der Waals surface area contributed by atoms with Crippen LogP contribution in [0.4, 0.5) is 5.69 Å². The molecular weight excluding hydrogens is 302 g/mol. The van der Waals surface area contributed by atoms with Crippen molar-refractivity contribution >= 4 is 27.7 Å². The SMILES string of the molecule is Cn1nc(-c2ccc(NS(=O)O)cc2)c2ccccc2c1=O. The van der Waals surface area contributed by atoms with Gasteiger partial charge in [0.15, 0.2) is 0 Å². The molecule has 0 saturated heterocycles. The van der Waals surface area contributed by atoms with Crippen molar-refractivity contribution in [3.63, 3.8) is 0 Å². The molecule has 1 unspecified atom stereocenters. The molecule has 0 amide bonds. The summed E-state index contributed by atoms with van der Waals surface area (Å²) in [6.07, 6.45) is 0. The molecule has 0 aliphatic rings. The zero-order valence-electron chi connectivity index (χ0n) is 11.7. The maximum Gasteiger partial charge on any atom is 0.274 e. The van der Waals surface area contributed by atoms with Crippen LogP contribution in [0.5, 0.6) is 0 Å². The van der Waals surface area contributed by atoms with Crippen molar-refractivity contribution < 1.29 is 8.76 Å². The number of anilines is 1. The quantitative estimate of drug-likeness (QED) is 0.725. The standard InChI is InChI=1S/C15H13N3O3S/c1-18-15(19)13-5-3-2-4-12(13)14(16-18)10-6-8-11(9-7-10)17-22(20)21/h2-9,17H,1H3,(H,20,21). The number of aryl methyl sites for hydroxylation is 1. The molecule has 0 fully saturated rings. The van der Waals surface area contributed by atoms with Crippen molar-refractivity contribution in [3.8, 4) is 11.3 Å². The molecule has 0 spiro atoms. The summed E-state index contributed by atoms with van der Waals surface area (Å²) in [6.45, 7) is 0. The summed E-state index contributed by atoms with van der Waals surface area (Å²) in [5.41, 5.74) is 1.89. The van der Waals surface area contributed by atoms with E-state index in [4.69, 9.17) is 4.55 Å². The first-order chi connectivity index (χ1) is 10.6. The molecule has 0 radical (unpaired) electrons. The van der Waals surface area contributed by atoms with Crippen molar-refractivity contribution in [1.29, 1.82) is 0 Å². The molecule has 112 valence electrons. The van der Waals surface area contributed by atoms with Gasteiger partial charge in [-0.25, -0.2) is 8.89 Å². The van der Waals surface area contributed by atoms with Crippen LogP contribution in [0.15, 0.2) is 53.3 Å². The highest BCUT2D eigenvalue weighted by Crippen LogP contribution is 2.25. The van der Waals surface area contributed by atoms with E-state index in [0.29, 0.717) is 16.8 Å². The van der Waals surface area contributed by atoms with Crippen LogP contribution in [-0.4, -0.2) is 18.5 Å². The molecule has 0 saturated carbocycles. The molecule has 22 heavy (non-hydrogen) atoms. The lowest BCUT2D eigenvalue weighted by atomic mass is 10.0. The molecule has 1 aromatic heterocycles. The van der Waals surface area contributed by atoms with Gasteiger partial charge in [0, 0.05) is 23.7 Å². The molecule has 2 N–H and O–H groups in total. The number of hydrogen-bond acceptors (Lipinski definition) is 3. The van der Waals surface area contributed by atoms with Gasteiger partial charge in [-0.15, -0.1) is 0 Å². The van der Waals surface area contributed by atoms with Gasteiger partial charge >= 0.3 is 0 Å². The third-order valence-corrected chi connectivity index (χ3v) is 3.73. The lowest BCUT2D eigenvalue weighted by molar-refractivity contribution is 0.570. The fourth-order valence-corrected chi connectivity index (χ4v) is 2.65. The second-order valence-electron chi connectivity index (χ2n) is 4.75. The lowest BCUT2D eigenvalue weighted by Gasteiger charge is -2.09. The number of nitrogens with one attached hydrogen (secondary N) is 1. The topological polar surface area (TPSA) is 84.2 Å². The Morgan fingerprint density at radius 2 is 1.73 bits per heavy atom. The first-order valence-corrected chi connectivity index (χ1v) is 7.61. The van der Waals surface area contributed by atoms with Gasteiger partial charge in [-0.1, -0.05) is 30.3 Å². The highest BCUT2D eigenvalue weighted by Gasteiger charge is 2.10. The molecule has 2 aromatic carbocycles. The molecule has 0 aliphatic heterocycles. The number of aromatic nitrogens is 2. The van der Waals surface area contributed by atoms with Gasteiger partial charge < -0.3 is 0 Å². The molecule has 3 aromatic rings. The van der Waals surface area contributed by atoms with Gasteiger partial charge in [-0.3, -0.25) is 14.1 Å². The lowest BCUT2D eigenvalue weighted by Crippen LogP contribution is -2.20. The van der Waals surface area contributed by atoms with Crippen LogP contribution >= 0.6 is 0 Å². The van der Waals surface area contributed by atoms with Gasteiger partial charge in [0.25, 0.3) is 16.8 Å². The van der Waals surface area contributed by atoms with Crippen molar-refractivity contribution in [2.75, 3.05) is 4.72 Å². The summed E-state index contributed by atoms with van der Waals surface area (Å²) >= 11 is -2.11. The predicted molar refractivity (Wildman–Crippen MR) is 86.8 cm³/mol. The zero-order valence-corrected chi connectivity index (χ0v) is 12.5. The number of rotatable bonds is 3. The maximum absolute atomic E-state index is 12.1. The van der Waals surface area contributed by atoms with Gasteiger partial charge in [-0.05, 0) is 18.2 Å². The van der Waals surface area contributed by atoms with Gasteiger partial charge in [0.2, 0.25) is 0 Å². The first-order valence-electron chi connectivity index (χ1n) is 6.50. The van der Waals surface area contributed by atoms with Crippen LogP contribution in [0.25, 0.3) is 22.0 Å². The Morgan fingerprint density at radius 1 is 1.09 bits per heavy atom. The molecule has 0 aliphatic carbocycles. The van der Waals surface area contributed by atoms with E-state index in [-0.39, 0.29) is 5.56 Å². The Hall–Kier alpha value is -2.51. The molecule has 0 bridgehead atoms. The Bertz CT molecular complexity index is 919. The number of benzene rings is 2. The normalized spacial score (nSPS) is 12.3. The summed E-state index contributed by atoms with van der Waals surface area (Å²) in [7, 11) is 1.61. The van der Waals surface area contributed by atoms with Gasteiger partial charge in [-0.2, -0.15) is 5.10 Å².